The molecule has 0 atom stereocenters. The highest BCUT2D eigenvalue weighted by molar-refractivity contribution is 6.20. The molecule has 0 fully saturated rings. The third-order valence-electron chi connectivity index (χ3n) is 7.82. The number of hydrogen-bond acceptors (Lipinski definition) is 0. The summed E-state index contributed by atoms with van der Waals surface area (Å²) in [6.07, 6.45) is 1.82. The Morgan fingerprint density at radius 3 is 2.26 bits per heavy atom. The third-order valence-corrected chi connectivity index (χ3v) is 7.82. The van der Waals surface area contributed by atoms with Crippen molar-refractivity contribution in [2.24, 2.45) is 0 Å². The smallest absolute Gasteiger partial charge is 0.0585 e. The lowest BCUT2D eigenvalue weighted by atomic mass is 9.81. The van der Waals surface area contributed by atoms with E-state index in [2.05, 4.69) is 135 Å². The van der Waals surface area contributed by atoms with Crippen molar-refractivity contribution in [2.45, 2.75) is 33.1 Å². The first-order valence-electron chi connectivity index (χ1n) is 13.6. The number of H-pyrrole nitrogens is 1. The second kappa shape index (κ2) is 9.96. The number of fused-ring (bicyclic) bond motifs is 9. The molecule has 7 rings (SSSR count). The largest absolute Gasteiger partial charge is 0.354 e. The van der Waals surface area contributed by atoms with Gasteiger partial charge in [0.1, 0.15) is 0 Å². The van der Waals surface area contributed by atoms with E-state index in [0.717, 1.165) is 16.7 Å². The zero-order valence-corrected chi connectivity index (χ0v) is 23.4. The lowest BCUT2D eigenvalue weighted by Crippen LogP contribution is -2.14. The Bertz CT molecular complexity index is 1860. The molecule has 0 aliphatic heterocycles. The van der Waals surface area contributed by atoms with Gasteiger partial charge in [0.05, 0.1) is 16.7 Å². The van der Waals surface area contributed by atoms with Gasteiger partial charge >= 0.3 is 0 Å². The Kier molecular flexibility index (Phi) is 6.66. The van der Waals surface area contributed by atoms with E-state index < -0.39 is 0 Å². The summed E-state index contributed by atoms with van der Waals surface area (Å²) in [4.78, 5) is 3.80. The zero-order chi connectivity index (χ0) is 27.9. The first-order valence-corrected chi connectivity index (χ1v) is 13.6. The van der Waals surface area contributed by atoms with Crippen LogP contribution in [0.25, 0.3) is 55.2 Å². The average Bonchev–Trinajstić information content (AvgIpc) is 3.61. The summed E-state index contributed by atoms with van der Waals surface area (Å²) < 4.78 is 2.45. The zero-order valence-electron chi connectivity index (χ0n) is 23.4. The number of benzene rings is 4. The standard InChI is InChI=1S/C33H26N2.C2H6.C2H4/c1-5-20(2)21-15-17-27-25(19-21)23-16-18-28-29(31(23)34-27)30-32(35(28)22-11-7-6-8-12-22)24-13-9-10-14-26(24)33(30,3)4;2*1-2/h5-19,34H,1-2H2,3-4H3;1-2H3;1-2H2. The summed E-state index contributed by atoms with van der Waals surface area (Å²) in [6.45, 7) is 22.8. The minimum atomic E-state index is -0.113. The molecule has 1 N–H and O–H groups in total. The number of nitrogens with zero attached hydrogens (tertiary/aromatic N) is 1. The van der Waals surface area contributed by atoms with Crippen molar-refractivity contribution in [3.63, 3.8) is 0 Å². The third kappa shape index (κ3) is 3.71. The number of rotatable bonds is 3. The van der Waals surface area contributed by atoms with E-state index in [-0.39, 0.29) is 5.41 Å². The highest BCUT2D eigenvalue weighted by atomic mass is 15.0. The van der Waals surface area contributed by atoms with Crippen LogP contribution in [0.15, 0.2) is 117 Å². The molecule has 0 saturated carbocycles. The van der Waals surface area contributed by atoms with Crippen LogP contribution in [0, 0.1) is 0 Å². The van der Waals surface area contributed by atoms with Crippen LogP contribution in [-0.4, -0.2) is 9.55 Å². The molecule has 2 heterocycles. The van der Waals surface area contributed by atoms with E-state index in [1.807, 2.05) is 19.9 Å². The molecule has 0 saturated heterocycles. The van der Waals surface area contributed by atoms with Crippen LogP contribution in [-0.2, 0) is 5.41 Å². The molecule has 0 spiro atoms. The molecule has 2 heteroatoms. The van der Waals surface area contributed by atoms with Crippen LogP contribution < -0.4 is 0 Å². The van der Waals surface area contributed by atoms with Crippen molar-refractivity contribution >= 4 is 38.3 Å². The molecule has 1 aliphatic carbocycles. The van der Waals surface area contributed by atoms with E-state index in [1.165, 1.54) is 55.3 Å². The number of aromatic nitrogens is 2. The summed E-state index contributed by atoms with van der Waals surface area (Å²) in [5.74, 6) is 0. The fourth-order valence-corrected chi connectivity index (χ4v) is 6.14. The highest BCUT2D eigenvalue weighted by Crippen LogP contribution is 2.55. The van der Waals surface area contributed by atoms with Gasteiger partial charge in [-0.3, -0.25) is 0 Å². The molecule has 39 heavy (non-hydrogen) atoms. The maximum absolute atomic E-state index is 4.16. The lowest BCUT2D eigenvalue weighted by molar-refractivity contribution is 0.666. The summed E-state index contributed by atoms with van der Waals surface area (Å²) in [6, 6.07) is 30.7. The van der Waals surface area contributed by atoms with Gasteiger partial charge in [-0.2, -0.15) is 0 Å². The van der Waals surface area contributed by atoms with Crippen molar-refractivity contribution in [3.8, 4) is 16.9 Å². The van der Waals surface area contributed by atoms with Crippen molar-refractivity contribution < 1.29 is 0 Å². The number of aromatic amines is 1. The van der Waals surface area contributed by atoms with E-state index in [9.17, 15) is 0 Å². The van der Waals surface area contributed by atoms with Gasteiger partial charge in [-0.1, -0.05) is 102 Å². The first-order chi connectivity index (χ1) is 19.0. The fourth-order valence-electron chi connectivity index (χ4n) is 6.14. The Labute approximate surface area is 231 Å². The number of nitrogens with one attached hydrogen (secondary N) is 1. The van der Waals surface area contributed by atoms with E-state index in [1.54, 1.807) is 0 Å². The Balaban J connectivity index is 0.000000738. The van der Waals surface area contributed by atoms with Gasteiger partial charge in [0.25, 0.3) is 0 Å². The molecule has 0 bridgehead atoms. The normalized spacial score (nSPS) is 12.7. The SMILES string of the molecule is C=C.C=CC(=C)c1ccc2[nH]c3c(ccc4c3c3c(n4-c4ccccc4)-c4ccccc4C3(C)C)c2c1.CC. The van der Waals surface area contributed by atoms with Crippen molar-refractivity contribution in [2.75, 3.05) is 0 Å². The average molecular weight is 509 g/mol. The number of allylic oxidation sites excluding steroid dienone is 2. The molecule has 1 aliphatic rings. The Morgan fingerprint density at radius 1 is 0.846 bits per heavy atom. The van der Waals surface area contributed by atoms with Gasteiger partial charge in [0.15, 0.2) is 0 Å². The second-order valence-electron chi connectivity index (χ2n) is 10.1. The van der Waals surface area contributed by atoms with Gasteiger partial charge in [0.2, 0.25) is 0 Å². The van der Waals surface area contributed by atoms with Gasteiger partial charge in [-0.05, 0) is 52.6 Å². The van der Waals surface area contributed by atoms with Gasteiger partial charge < -0.3 is 9.55 Å². The summed E-state index contributed by atoms with van der Waals surface area (Å²) in [5.41, 5.74) is 12.1. The van der Waals surface area contributed by atoms with Crippen molar-refractivity contribution in [3.05, 3.63) is 134 Å². The molecular weight excluding hydrogens is 472 g/mol. The minimum Gasteiger partial charge on any atom is -0.354 e. The molecule has 194 valence electrons. The molecule has 6 aromatic rings. The first kappa shape index (κ1) is 26.1. The van der Waals surface area contributed by atoms with Crippen LogP contribution >= 0.6 is 0 Å². The van der Waals surface area contributed by atoms with Crippen LogP contribution in [0.5, 0.6) is 0 Å². The quantitative estimate of drug-likeness (QED) is 0.181. The fraction of sp³-hybridized carbons (Fsp3) is 0.135. The Morgan fingerprint density at radius 2 is 1.54 bits per heavy atom. The predicted molar refractivity (Wildman–Crippen MR) is 172 cm³/mol. The molecule has 4 aromatic carbocycles. The molecule has 0 amide bonds. The topological polar surface area (TPSA) is 20.7 Å². The minimum absolute atomic E-state index is 0.113. The van der Waals surface area contributed by atoms with Crippen molar-refractivity contribution in [1.29, 1.82) is 0 Å². The maximum Gasteiger partial charge on any atom is 0.0585 e. The monoisotopic (exact) mass is 508 g/mol. The van der Waals surface area contributed by atoms with E-state index >= 15 is 0 Å². The van der Waals surface area contributed by atoms with Crippen LogP contribution in [0.1, 0.15) is 44.4 Å². The summed E-state index contributed by atoms with van der Waals surface area (Å²) in [5, 5.41) is 3.77. The highest BCUT2D eigenvalue weighted by Gasteiger charge is 2.41. The Hall–Kier alpha value is -4.56. The van der Waals surface area contributed by atoms with Crippen LogP contribution in [0.3, 0.4) is 0 Å². The molecule has 2 aromatic heterocycles. The summed E-state index contributed by atoms with van der Waals surface area (Å²) in [7, 11) is 0. The second-order valence-corrected chi connectivity index (χ2v) is 10.1. The van der Waals surface area contributed by atoms with Crippen LogP contribution in [0.2, 0.25) is 0 Å². The molecule has 0 unspecified atom stereocenters. The van der Waals surface area contributed by atoms with Crippen LogP contribution in [0.4, 0.5) is 0 Å². The molecule has 0 radical (unpaired) electrons. The summed E-state index contributed by atoms with van der Waals surface area (Å²) >= 11 is 0. The van der Waals surface area contributed by atoms with E-state index in [4.69, 9.17) is 0 Å². The van der Waals surface area contributed by atoms with Crippen molar-refractivity contribution in [1.82, 2.24) is 9.55 Å². The lowest BCUT2D eigenvalue weighted by Gasteiger charge is -2.21. The predicted octanol–water partition coefficient (Wildman–Crippen LogP) is 10.6. The molecule has 2 nitrogen and oxygen atoms in total. The van der Waals surface area contributed by atoms with E-state index in [0.29, 0.717) is 0 Å². The van der Waals surface area contributed by atoms with Gasteiger partial charge in [-0.15, -0.1) is 13.2 Å². The number of para-hydroxylation sites is 1. The maximum atomic E-state index is 4.16. The van der Waals surface area contributed by atoms with Gasteiger partial charge in [-0.25, -0.2) is 0 Å². The van der Waals surface area contributed by atoms with Gasteiger partial charge in [0, 0.05) is 38.3 Å². The molecular formula is C37H36N2. The number of hydrogen-bond donors (Lipinski definition) is 1.